The summed E-state index contributed by atoms with van der Waals surface area (Å²) in [7, 11) is 4.68. The molecule has 0 aromatic heterocycles. The lowest BCUT2D eigenvalue weighted by Crippen LogP contribution is -2.24. The van der Waals surface area contributed by atoms with Gasteiger partial charge in [0.2, 0.25) is 0 Å². The van der Waals surface area contributed by atoms with E-state index in [1.165, 1.54) is 7.11 Å². The van der Waals surface area contributed by atoms with Crippen LogP contribution in [0.4, 0.5) is 0 Å². The molecule has 5 nitrogen and oxygen atoms in total. The third-order valence-corrected chi connectivity index (χ3v) is 5.75. The number of carbonyl (C=O) groups is 1. The molecular weight excluding hydrogens is 416 g/mol. The fourth-order valence-electron chi connectivity index (χ4n) is 4.26. The third-order valence-electron chi connectivity index (χ3n) is 5.75. The van der Waals surface area contributed by atoms with E-state index in [-0.39, 0.29) is 11.7 Å². The number of aliphatic hydroxyl groups is 1. The monoisotopic (exact) mass is 458 g/mol. The summed E-state index contributed by atoms with van der Waals surface area (Å²) in [5.74, 6) is 1.32. The number of Topliss-reactive ketones (excluding diaryl/α,β-unsaturated/α-hetero) is 1. The SMILES string of the molecule is CC.CC.COc1cc(OC)c(C2CCCCC2O)c(OC)c1C(=O)CCc1ccccc1. The molecule has 1 aliphatic carbocycles. The molecule has 1 N–H and O–H groups in total. The van der Waals surface area contributed by atoms with Crippen LogP contribution >= 0.6 is 0 Å². The highest BCUT2D eigenvalue weighted by atomic mass is 16.5. The van der Waals surface area contributed by atoms with E-state index in [9.17, 15) is 9.90 Å². The molecule has 0 heterocycles. The molecule has 0 aliphatic heterocycles. The fraction of sp³-hybridized carbons (Fsp3) is 0.536. The van der Waals surface area contributed by atoms with E-state index in [4.69, 9.17) is 14.2 Å². The Kier molecular flexibility index (Phi) is 13.2. The quantitative estimate of drug-likeness (QED) is 0.452. The molecule has 3 rings (SSSR count). The number of benzene rings is 2. The minimum atomic E-state index is -0.479. The predicted molar refractivity (Wildman–Crippen MR) is 135 cm³/mol. The number of methoxy groups -OCH3 is 3. The normalized spacial score (nSPS) is 17.0. The highest BCUT2D eigenvalue weighted by molar-refractivity contribution is 6.02. The van der Waals surface area contributed by atoms with Gasteiger partial charge in [-0.25, -0.2) is 0 Å². The molecule has 0 amide bonds. The lowest BCUT2D eigenvalue weighted by Gasteiger charge is -2.31. The lowest BCUT2D eigenvalue weighted by atomic mass is 9.79. The second kappa shape index (κ2) is 15.3. The van der Waals surface area contributed by atoms with Crippen LogP contribution in [-0.4, -0.2) is 38.3 Å². The molecule has 0 spiro atoms. The Balaban J connectivity index is 0.00000129. The molecule has 2 atom stereocenters. The standard InChI is InChI=1S/C24H30O5.2C2H6/c1-27-20-15-21(28-2)23(19(26)14-13-16-9-5-4-6-10-16)24(29-3)22(20)17-11-7-8-12-18(17)25;2*1-2/h4-6,9-10,15,17-18,25H,7-8,11-14H2,1-3H3;2*1-2H3. The van der Waals surface area contributed by atoms with Crippen LogP contribution in [0.15, 0.2) is 36.4 Å². The Morgan fingerprint density at radius 3 is 2.06 bits per heavy atom. The Morgan fingerprint density at radius 1 is 0.909 bits per heavy atom. The average molecular weight is 459 g/mol. The van der Waals surface area contributed by atoms with Crippen molar-refractivity contribution in [2.75, 3.05) is 21.3 Å². The Morgan fingerprint density at radius 2 is 1.52 bits per heavy atom. The summed E-state index contributed by atoms with van der Waals surface area (Å²) in [5, 5.41) is 10.6. The molecule has 184 valence electrons. The zero-order valence-electron chi connectivity index (χ0n) is 21.4. The highest BCUT2D eigenvalue weighted by Crippen LogP contribution is 2.48. The molecule has 2 aromatic carbocycles. The molecule has 2 unspecified atom stereocenters. The molecule has 2 aromatic rings. The van der Waals surface area contributed by atoms with Gasteiger partial charge in [0.05, 0.1) is 27.4 Å². The number of carbonyl (C=O) groups excluding carboxylic acids is 1. The van der Waals surface area contributed by atoms with Crippen LogP contribution in [-0.2, 0) is 6.42 Å². The van der Waals surface area contributed by atoms with Crippen LogP contribution in [0.3, 0.4) is 0 Å². The van der Waals surface area contributed by atoms with E-state index in [0.29, 0.717) is 35.7 Å². The van der Waals surface area contributed by atoms with Crippen molar-refractivity contribution < 1.29 is 24.1 Å². The maximum atomic E-state index is 13.2. The van der Waals surface area contributed by atoms with Crippen LogP contribution < -0.4 is 14.2 Å². The third kappa shape index (κ3) is 7.23. The molecule has 33 heavy (non-hydrogen) atoms. The van der Waals surface area contributed by atoms with E-state index >= 15 is 0 Å². The number of rotatable bonds is 8. The smallest absolute Gasteiger partial charge is 0.170 e. The van der Waals surface area contributed by atoms with Crippen LogP contribution in [0.1, 0.15) is 87.2 Å². The summed E-state index contributed by atoms with van der Waals surface area (Å²) < 4.78 is 16.9. The van der Waals surface area contributed by atoms with Gasteiger partial charge in [-0.15, -0.1) is 0 Å². The molecule has 0 bridgehead atoms. The first-order valence-electron chi connectivity index (χ1n) is 12.2. The van der Waals surface area contributed by atoms with E-state index in [1.54, 1.807) is 20.3 Å². The van der Waals surface area contributed by atoms with Crippen molar-refractivity contribution >= 4 is 5.78 Å². The van der Waals surface area contributed by atoms with Crippen molar-refractivity contribution in [2.45, 2.75) is 78.2 Å². The first-order chi connectivity index (χ1) is 16.1. The van der Waals surface area contributed by atoms with Crippen molar-refractivity contribution in [1.29, 1.82) is 0 Å². The first-order valence-corrected chi connectivity index (χ1v) is 12.2. The summed E-state index contributed by atoms with van der Waals surface area (Å²) in [6.07, 6.45) is 4.10. The molecular formula is C28H42O5. The molecule has 5 heteroatoms. The topological polar surface area (TPSA) is 65.0 Å². The van der Waals surface area contributed by atoms with Gasteiger partial charge in [0.1, 0.15) is 22.8 Å². The second-order valence-electron chi connectivity index (χ2n) is 7.47. The van der Waals surface area contributed by atoms with E-state index in [2.05, 4.69) is 0 Å². The number of ether oxygens (including phenoxy) is 3. The van der Waals surface area contributed by atoms with Crippen molar-refractivity contribution in [3.05, 3.63) is 53.1 Å². The second-order valence-corrected chi connectivity index (χ2v) is 7.47. The van der Waals surface area contributed by atoms with Gasteiger partial charge in [-0.2, -0.15) is 0 Å². The van der Waals surface area contributed by atoms with E-state index in [0.717, 1.165) is 36.8 Å². The maximum Gasteiger partial charge on any atom is 0.170 e. The molecule has 1 saturated carbocycles. The van der Waals surface area contributed by atoms with Gasteiger partial charge in [0.15, 0.2) is 5.78 Å². The van der Waals surface area contributed by atoms with E-state index in [1.807, 2.05) is 58.0 Å². The van der Waals surface area contributed by atoms with Gasteiger partial charge in [0.25, 0.3) is 0 Å². The first kappa shape index (κ1) is 28.5. The van der Waals surface area contributed by atoms with Gasteiger partial charge in [-0.3, -0.25) is 4.79 Å². The maximum absolute atomic E-state index is 13.2. The molecule has 0 radical (unpaired) electrons. The van der Waals surface area contributed by atoms with Crippen molar-refractivity contribution in [3.8, 4) is 17.2 Å². The van der Waals surface area contributed by atoms with Crippen molar-refractivity contribution in [2.24, 2.45) is 0 Å². The summed E-state index contributed by atoms with van der Waals surface area (Å²) in [5.41, 5.74) is 2.31. The summed E-state index contributed by atoms with van der Waals surface area (Å²) in [6, 6.07) is 11.7. The Hall–Kier alpha value is -2.53. The summed E-state index contributed by atoms with van der Waals surface area (Å²) in [6.45, 7) is 8.00. The van der Waals surface area contributed by atoms with Crippen LogP contribution in [0.25, 0.3) is 0 Å². The van der Waals surface area contributed by atoms with E-state index < -0.39 is 6.10 Å². The van der Waals surface area contributed by atoms with Crippen LogP contribution in [0.5, 0.6) is 17.2 Å². The molecule has 1 aliphatic rings. The summed E-state index contributed by atoms with van der Waals surface area (Å²) in [4.78, 5) is 13.2. The minimum Gasteiger partial charge on any atom is -0.496 e. The zero-order chi connectivity index (χ0) is 24.8. The zero-order valence-corrected chi connectivity index (χ0v) is 21.4. The highest BCUT2D eigenvalue weighted by Gasteiger charge is 2.34. The lowest BCUT2D eigenvalue weighted by molar-refractivity contribution is 0.0966. The fourth-order valence-corrected chi connectivity index (χ4v) is 4.26. The van der Waals surface area contributed by atoms with Crippen molar-refractivity contribution in [3.63, 3.8) is 0 Å². The predicted octanol–water partition coefficient (Wildman–Crippen LogP) is 6.60. The average Bonchev–Trinajstić information content (AvgIpc) is 2.89. The van der Waals surface area contributed by atoms with Crippen LogP contribution in [0.2, 0.25) is 0 Å². The Bertz CT molecular complexity index is 832. The number of ketones is 1. The summed E-state index contributed by atoms with van der Waals surface area (Å²) >= 11 is 0. The largest absolute Gasteiger partial charge is 0.496 e. The molecule has 0 saturated heterocycles. The van der Waals surface area contributed by atoms with Crippen LogP contribution in [0, 0.1) is 0 Å². The Labute approximate surface area is 200 Å². The van der Waals surface area contributed by atoms with Gasteiger partial charge in [-0.1, -0.05) is 70.9 Å². The van der Waals surface area contributed by atoms with Gasteiger partial charge in [-0.05, 0) is 24.8 Å². The number of aliphatic hydroxyl groups excluding tert-OH is 1. The van der Waals surface area contributed by atoms with Gasteiger partial charge in [0, 0.05) is 24.0 Å². The van der Waals surface area contributed by atoms with Gasteiger partial charge >= 0.3 is 0 Å². The number of aryl methyl sites for hydroxylation is 1. The molecule has 1 fully saturated rings. The van der Waals surface area contributed by atoms with Gasteiger partial charge < -0.3 is 19.3 Å². The van der Waals surface area contributed by atoms with Crippen molar-refractivity contribution in [1.82, 2.24) is 0 Å². The minimum absolute atomic E-state index is 0.0447. The number of hydrogen-bond donors (Lipinski definition) is 1. The number of hydrogen-bond acceptors (Lipinski definition) is 5.